The zero-order valence-corrected chi connectivity index (χ0v) is 15.5. The van der Waals surface area contributed by atoms with Crippen LogP contribution >= 0.6 is 0 Å². The fourth-order valence-electron chi connectivity index (χ4n) is 2.49. The Labute approximate surface area is 159 Å². The van der Waals surface area contributed by atoms with Crippen LogP contribution in [0.5, 0.6) is 5.75 Å². The van der Waals surface area contributed by atoms with Crippen LogP contribution in [0, 0.1) is 0 Å². The van der Waals surface area contributed by atoms with Crippen LogP contribution in [0.25, 0.3) is 0 Å². The van der Waals surface area contributed by atoms with Gasteiger partial charge in [-0.2, -0.15) is 0 Å². The molecule has 0 saturated carbocycles. The minimum atomic E-state index is -0.0816. The average molecular weight is 365 g/mol. The van der Waals surface area contributed by atoms with Gasteiger partial charge in [-0.1, -0.05) is 18.2 Å². The molecule has 0 radical (unpaired) electrons. The van der Waals surface area contributed by atoms with Crippen molar-refractivity contribution in [3.63, 3.8) is 0 Å². The third-order valence-electron chi connectivity index (χ3n) is 3.84. The van der Waals surface area contributed by atoms with Crippen LogP contribution in [-0.2, 0) is 11.8 Å². The fraction of sp³-hybridized carbons (Fsp3) is 0.190. The predicted octanol–water partition coefficient (Wildman–Crippen LogP) is 3.41. The largest absolute Gasteiger partial charge is 0.495 e. The minimum Gasteiger partial charge on any atom is -0.495 e. The number of methoxy groups -OCH3 is 1. The molecule has 0 N–H and O–H groups in total. The number of anilines is 1. The Balaban J connectivity index is 0.000000313. The van der Waals surface area contributed by atoms with Crippen molar-refractivity contribution < 1.29 is 14.3 Å². The Morgan fingerprint density at radius 2 is 2.11 bits per heavy atom. The number of rotatable bonds is 5. The van der Waals surface area contributed by atoms with Gasteiger partial charge in [-0.05, 0) is 30.3 Å². The second-order valence-corrected chi connectivity index (χ2v) is 5.70. The number of ketones is 1. The number of ether oxygens (including phenoxy) is 1. The van der Waals surface area contributed by atoms with E-state index in [9.17, 15) is 9.59 Å². The number of hydrogen-bond donors (Lipinski definition) is 0. The van der Waals surface area contributed by atoms with Crippen LogP contribution in [0.1, 0.15) is 16.9 Å². The van der Waals surface area contributed by atoms with Gasteiger partial charge in [0, 0.05) is 38.6 Å². The van der Waals surface area contributed by atoms with Crippen molar-refractivity contribution in [3.05, 3.63) is 73.2 Å². The first-order chi connectivity index (χ1) is 13.1. The van der Waals surface area contributed by atoms with Crippen molar-refractivity contribution in [2.45, 2.75) is 6.42 Å². The SMILES string of the molecule is C=CCN(C(=O)c1cccn1C)c1ccccc1OC.O=C1C=CN=CC1. The van der Waals surface area contributed by atoms with Gasteiger partial charge in [0.25, 0.3) is 5.91 Å². The summed E-state index contributed by atoms with van der Waals surface area (Å²) >= 11 is 0. The van der Waals surface area contributed by atoms with Gasteiger partial charge in [-0.15, -0.1) is 6.58 Å². The summed E-state index contributed by atoms with van der Waals surface area (Å²) in [6, 6.07) is 11.1. The molecule has 2 heterocycles. The van der Waals surface area contributed by atoms with Crippen molar-refractivity contribution in [2.24, 2.45) is 12.0 Å². The van der Waals surface area contributed by atoms with Crippen molar-refractivity contribution in [2.75, 3.05) is 18.6 Å². The molecule has 0 saturated heterocycles. The normalized spacial score (nSPS) is 12.1. The van der Waals surface area contributed by atoms with E-state index in [1.165, 1.54) is 12.3 Å². The van der Waals surface area contributed by atoms with Gasteiger partial charge in [-0.3, -0.25) is 19.5 Å². The summed E-state index contributed by atoms with van der Waals surface area (Å²) < 4.78 is 7.13. The molecule has 1 aliphatic heterocycles. The number of nitrogens with zero attached hydrogens (tertiary/aromatic N) is 3. The maximum Gasteiger partial charge on any atom is 0.275 e. The van der Waals surface area contributed by atoms with Gasteiger partial charge in [0.15, 0.2) is 5.78 Å². The smallest absolute Gasteiger partial charge is 0.275 e. The van der Waals surface area contributed by atoms with E-state index >= 15 is 0 Å². The summed E-state index contributed by atoms with van der Waals surface area (Å²) in [6.45, 7) is 4.15. The zero-order valence-electron chi connectivity index (χ0n) is 15.5. The number of para-hydroxylation sites is 2. The molecule has 6 heteroatoms. The van der Waals surface area contributed by atoms with E-state index in [2.05, 4.69) is 11.6 Å². The molecule has 0 unspecified atom stereocenters. The van der Waals surface area contributed by atoms with Crippen molar-refractivity contribution >= 4 is 23.6 Å². The lowest BCUT2D eigenvalue weighted by Gasteiger charge is -2.23. The first-order valence-electron chi connectivity index (χ1n) is 8.46. The molecule has 1 aromatic carbocycles. The Kier molecular flexibility index (Phi) is 7.31. The van der Waals surface area contributed by atoms with Crippen molar-refractivity contribution in [1.29, 1.82) is 0 Å². The third-order valence-corrected chi connectivity index (χ3v) is 3.84. The molecule has 1 amide bonds. The average Bonchev–Trinajstić information content (AvgIpc) is 3.12. The molecule has 6 nitrogen and oxygen atoms in total. The Hall–Kier alpha value is -3.41. The maximum absolute atomic E-state index is 12.7. The quantitative estimate of drug-likeness (QED) is 0.763. The van der Waals surface area contributed by atoms with Gasteiger partial charge in [0.1, 0.15) is 11.4 Å². The topological polar surface area (TPSA) is 63.9 Å². The van der Waals surface area contributed by atoms with Crippen LogP contribution in [0.2, 0.25) is 0 Å². The zero-order chi connectivity index (χ0) is 19.6. The summed E-state index contributed by atoms with van der Waals surface area (Å²) in [5.74, 6) is 0.716. The van der Waals surface area contributed by atoms with E-state index in [-0.39, 0.29) is 11.7 Å². The third kappa shape index (κ3) is 5.28. The monoisotopic (exact) mass is 365 g/mol. The number of benzene rings is 1. The lowest BCUT2D eigenvalue weighted by Crippen LogP contribution is -2.32. The highest BCUT2D eigenvalue weighted by molar-refractivity contribution is 6.06. The molecular weight excluding hydrogens is 342 g/mol. The van der Waals surface area contributed by atoms with E-state index in [1.807, 2.05) is 43.6 Å². The van der Waals surface area contributed by atoms with Crippen LogP contribution in [0.4, 0.5) is 5.69 Å². The number of aromatic nitrogens is 1. The highest BCUT2D eigenvalue weighted by Gasteiger charge is 2.21. The second-order valence-electron chi connectivity index (χ2n) is 5.70. The molecule has 0 spiro atoms. The number of allylic oxidation sites excluding steroid dienone is 1. The van der Waals surface area contributed by atoms with Gasteiger partial charge < -0.3 is 9.30 Å². The molecule has 27 heavy (non-hydrogen) atoms. The summed E-state index contributed by atoms with van der Waals surface area (Å²) in [5.41, 5.74) is 1.36. The number of hydrogen-bond acceptors (Lipinski definition) is 4. The van der Waals surface area contributed by atoms with Crippen LogP contribution in [0.15, 0.2) is 72.5 Å². The van der Waals surface area contributed by atoms with Crippen LogP contribution < -0.4 is 9.64 Å². The number of aliphatic imine (C=N–C) groups is 1. The Bertz CT molecular complexity index is 865. The Morgan fingerprint density at radius 3 is 2.63 bits per heavy atom. The lowest BCUT2D eigenvalue weighted by atomic mass is 10.2. The fourth-order valence-corrected chi connectivity index (χ4v) is 2.49. The summed E-state index contributed by atoms with van der Waals surface area (Å²) in [6.07, 6.45) is 8.60. The Morgan fingerprint density at radius 1 is 1.33 bits per heavy atom. The molecule has 1 aromatic heterocycles. The first kappa shape index (κ1) is 19.9. The highest BCUT2D eigenvalue weighted by atomic mass is 16.5. The van der Waals surface area contributed by atoms with Gasteiger partial charge in [0.05, 0.1) is 12.8 Å². The van der Waals surface area contributed by atoms with E-state index in [1.54, 1.807) is 34.9 Å². The lowest BCUT2D eigenvalue weighted by molar-refractivity contribution is -0.113. The second kappa shape index (κ2) is 9.91. The van der Waals surface area contributed by atoms with E-state index < -0.39 is 0 Å². The predicted molar refractivity (Wildman–Crippen MR) is 108 cm³/mol. The minimum absolute atomic E-state index is 0.0816. The number of carbonyl (C=O) groups is 2. The first-order valence-corrected chi connectivity index (χ1v) is 8.46. The number of amides is 1. The maximum atomic E-state index is 12.7. The summed E-state index contributed by atoms with van der Waals surface area (Å²) in [5, 5.41) is 0. The summed E-state index contributed by atoms with van der Waals surface area (Å²) in [4.78, 5) is 28.3. The standard InChI is InChI=1S/C16H18N2O2.C5H5NO/c1-4-11-18(13-8-5-6-10-15(13)20-3)16(19)14-9-7-12-17(14)2;7-5-1-3-6-4-2-5/h4-10,12H,1,11H2,2-3H3;1,3-4H,2H2. The molecule has 3 rings (SSSR count). The van der Waals surface area contributed by atoms with E-state index in [0.717, 1.165) is 5.69 Å². The highest BCUT2D eigenvalue weighted by Crippen LogP contribution is 2.28. The molecule has 1 aliphatic rings. The number of carbonyl (C=O) groups excluding carboxylic acids is 2. The van der Waals surface area contributed by atoms with Gasteiger partial charge in [0.2, 0.25) is 0 Å². The van der Waals surface area contributed by atoms with Crippen LogP contribution in [-0.4, -0.2) is 36.1 Å². The summed E-state index contributed by atoms with van der Waals surface area (Å²) in [7, 11) is 3.44. The molecule has 2 aromatic rings. The molecule has 140 valence electrons. The van der Waals surface area contributed by atoms with Crippen molar-refractivity contribution in [1.82, 2.24) is 4.57 Å². The van der Waals surface area contributed by atoms with E-state index in [4.69, 9.17) is 4.74 Å². The van der Waals surface area contributed by atoms with E-state index in [0.29, 0.717) is 24.4 Å². The van der Waals surface area contributed by atoms with Crippen LogP contribution in [0.3, 0.4) is 0 Å². The van der Waals surface area contributed by atoms with Gasteiger partial charge in [-0.25, -0.2) is 0 Å². The molecule has 0 bridgehead atoms. The van der Waals surface area contributed by atoms with Crippen molar-refractivity contribution in [3.8, 4) is 5.75 Å². The molecular formula is C21H23N3O3. The molecule has 0 fully saturated rings. The molecule has 0 atom stereocenters. The van der Waals surface area contributed by atoms with Gasteiger partial charge >= 0.3 is 0 Å². The number of aryl methyl sites for hydroxylation is 1. The molecule has 0 aliphatic carbocycles.